The minimum atomic E-state index is -4.41. The van der Waals surface area contributed by atoms with E-state index in [1.54, 1.807) is 30.3 Å². The first-order valence-corrected chi connectivity index (χ1v) is 8.15. The maximum absolute atomic E-state index is 12.9. The summed E-state index contributed by atoms with van der Waals surface area (Å²) in [6.07, 6.45) is -4.41. The number of halogens is 4. The summed E-state index contributed by atoms with van der Waals surface area (Å²) in [4.78, 5) is 13.7. The summed E-state index contributed by atoms with van der Waals surface area (Å²) < 4.78 is 38.7. The Morgan fingerprint density at radius 2 is 1.87 bits per heavy atom. The van der Waals surface area contributed by atoms with Gasteiger partial charge in [-0.3, -0.25) is 9.69 Å². The van der Waals surface area contributed by atoms with Crippen molar-refractivity contribution in [2.24, 2.45) is 0 Å². The number of carbonyl (C=O) groups is 1. The molecular weight excluding hydrogens is 347 g/mol. The van der Waals surface area contributed by atoms with Crippen molar-refractivity contribution in [3.63, 3.8) is 0 Å². The summed E-state index contributed by atoms with van der Waals surface area (Å²) in [7, 11) is 0. The Balaban J connectivity index is 2.00. The standard InChI is InChI=1S/C16H11ClF3NOS/c17-12-5-2-6-13(8-12)21-14(22)9-23-15(21)10-3-1-4-11(7-10)16(18,19)20/h1-8,15H,9H2/t15-/m1/s1. The van der Waals surface area contributed by atoms with Gasteiger partial charge in [0.2, 0.25) is 5.91 Å². The van der Waals surface area contributed by atoms with Crippen LogP contribution in [0.15, 0.2) is 48.5 Å². The number of thioether (sulfide) groups is 1. The minimum Gasteiger partial charge on any atom is -0.295 e. The normalized spacial score (nSPS) is 18.5. The molecule has 3 rings (SSSR count). The molecule has 120 valence electrons. The Bertz CT molecular complexity index is 750. The van der Waals surface area contributed by atoms with E-state index in [2.05, 4.69) is 0 Å². The van der Waals surface area contributed by atoms with Crippen LogP contribution in [-0.4, -0.2) is 11.7 Å². The first kappa shape index (κ1) is 16.2. The van der Waals surface area contributed by atoms with Crippen LogP contribution in [0.2, 0.25) is 5.02 Å². The van der Waals surface area contributed by atoms with Crippen LogP contribution in [0.3, 0.4) is 0 Å². The number of amides is 1. The Morgan fingerprint density at radius 3 is 2.57 bits per heavy atom. The van der Waals surface area contributed by atoms with E-state index in [-0.39, 0.29) is 11.7 Å². The predicted octanol–water partition coefficient (Wildman–Crippen LogP) is 5.14. The van der Waals surface area contributed by atoms with Gasteiger partial charge in [-0.15, -0.1) is 11.8 Å². The molecule has 0 aromatic heterocycles. The van der Waals surface area contributed by atoms with E-state index in [0.29, 0.717) is 16.3 Å². The van der Waals surface area contributed by atoms with E-state index in [0.717, 1.165) is 12.1 Å². The van der Waals surface area contributed by atoms with Gasteiger partial charge < -0.3 is 0 Å². The molecule has 1 aliphatic rings. The van der Waals surface area contributed by atoms with Crippen molar-refractivity contribution in [3.8, 4) is 0 Å². The van der Waals surface area contributed by atoms with Crippen molar-refractivity contribution >= 4 is 35.0 Å². The lowest BCUT2D eigenvalue weighted by molar-refractivity contribution is -0.137. The molecule has 0 saturated carbocycles. The second kappa shape index (κ2) is 6.09. The number of hydrogen-bond acceptors (Lipinski definition) is 2. The smallest absolute Gasteiger partial charge is 0.295 e. The molecule has 0 spiro atoms. The van der Waals surface area contributed by atoms with Crippen LogP contribution in [-0.2, 0) is 11.0 Å². The largest absolute Gasteiger partial charge is 0.416 e. The Hall–Kier alpha value is -1.66. The maximum Gasteiger partial charge on any atom is 0.416 e. The van der Waals surface area contributed by atoms with Gasteiger partial charge in [-0.1, -0.05) is 29.8 Å². The highest BCUT2D eigenvalue weighted by atomic mass is 35.5. The number of anilines is 1. The zero-order chi connectivity index (χ0) is 16.6. The first-order valence-electron chi connectivity index (χ1n) is 6.72. The quantitative estimate of drug-likeness (QED) is 0.742. The van der Waals surface area contributed by atoms with Crippen LogP contribution in [0.5, 0.6) is 0 Å². The van der Waals surface area contributed by atoms with Gasteiger partial charge in [0.25, 0.3) is 0 Å². The highest BCUT2D eigenvalue weighted by molar-refractivity contribution is 8.00. The van der Waals surface area contributed by atoms with Crippen LogP contribution >= 0.6 is 23.4 Å². The molecular formula is C16H11ClF3NOS. The van der Waals surface area contributed by atoms with Crippen molar-refractivity contribution < 1.29 is 18.0 Å². The van der Waals surface area contributed by atoms with E-state index >= 15 is 0 Å². The van der Waals surface area contributed by atoms with Gasteiger partial charge in [0.1, 0.15) is 5.37 Å². The minimum absolute atomic E-state index is 0.153. The summed E-state index contributed by atoms with van der Waals surface area (Å²) in [5, 5.41) is -0.0294. The molecule has 1 fully saturated rings. The average molecular weight is 358 g/mol. The van der Waals surface area contributed by atoms with Crippen molar-refractivity contribution in [2.45, 2.75) is 11.6 Å². The lowest BCUT2D eigenvalue weighted by Gasteiger charge is -2.25. The van der Waals surface area contributed by atoms with Crippen molar-refractivity contribution in [2.75, 3.05) is 10.7 Å². The topological polar surface area (TPSA) is 20.3 Å². The fourth-order valence-corrected chi connectivity index (χ4v) is 3.80. The SMILES string of the molecule is O=C1CS[C@H](c2cccc(C(F)(F)F)c2)N1c1cccc(Cl)c1. The monoisotopic (exact) mass is 357 g/mol. The average Bonchev–Trinajstić information content (AvgIpc) is 2.88. The second-order valence-corrected chi connectivity index (χ2v) is 6.54. The summed E-state index contributed by atoms with van der Waals surface area (Å²) in [5.74, 6) is 0.0626. The van der Waals surface area contributed by atoms with Crippen molar-refractivity contribution in [1.82, 2.24) is 0 Å². The third-order valence-corrected chi connectivity index (χ3v) is 4.90. The molecule has 0 N–H and O–H groups in total. The van der Waals surface area contributed by atoms with Gasteiger partial charge in [0.15, 0.2) is 0 Å². The first-order chi connectivity index (χ1) is 10.9. The molecule has 0 bridgehead atoms. The molecule has 1 atom stereocenters. The molecule has 2 aromatic rings. The van der Waals surface area contributed by atoms with Gasteiger partial charge in [0.05, 0.1) is 11.3 Å². The molecule has 1 amide bonds. The summed E-state index contributed by atoms with van der Waals surface area (Å²) in [5.41, 5.74) is 0.298. The zero-order valence-electron chi connectivity index (χ0n) is 11.7. The van der Waals surface area contributed by atoms with Crippen LogP contribution in [0.1, 0.15) is 16.5 Å². The number of benzene rings is 2. The highest BCUT2D eigenvalue weighted by Crippen LogP contribution is 2.43. The molecule has 2 aromatic carbocycles. The lowest BCUT2D eigenvalue weighted by Crippen LogP contribution is -2.27. The number of carbonyl (C=O) groups excluding carboxylic acids is 1. The second-order valence-electron chi connectivity index (χ2n) is 5.03. The Morgan fingerprint density at radius 1 is 1.13 bits per heavy atom. The third-order valence-electron chi connectivity index (χ3n) is 3.45. The van der Waals surface area contributed by atoms with Crippen molar-refractivity contribution in [3.05, 3.63) is 64.7 Å². The predicted molar refractivity (Wildman–Crippen MR) is 85.6 cm³/mol. The molecule has 23 heavy (non-hydrogen) atoms. The molecule has 0 unspecified atom stereocenters. The number of alkyl halides is 3. The fourth-order valence-electron chi connectivity index (χ4n) is 2.44. The summed E-state index contributed by atoms with van der Waals surface area (Å²) >= 11 is 7.25. The summed E-state index contributed by atoms with van der Waals surface area (Å²) in [6.45, 7) is 0. The number of rotatable bonds is 2. The van der Waals surface area contributed by atoms with Crippen LogP contribution in [0.4, 0.5) is 18.9 Å². The maximum atomic E-state index is 12.9. The van der Waals surface area contributed by atoms with E-state index in [1.807, 2.05) is 0 Å². The molecule has 1 aliphatic heterocycles. The van der Waals surface area contributed by atoms with E-state index in [1.165, 1.54) is 22.7 Å². The lowest BCUT2D eigenvalue weighted by atomic mass is 10.1. The summed E-state index contributed by atoms with van der Waals surface area (Å²) in [6, 6.07) is 11.8. The van der Waals surface area contributed by atoms with Crippen LogP contribution < -0.4 is 4.90 Å². The molecule has 0 aliphatic carbocycles. The van der Waals surface area contributed by atoms with Crippen molar-refractivity contribution in [1.29, 1.82) is 0 Å². The van der Waals surface area contributed by atoms with Gasteiger partial charge >= 0.3 is 6.18 Å². The zero-order valence-corrected chi connectivity index (χ0v) is 13.3. The van der Waals surface area contributed by atoms with Crippen LogP contribution in [0, 0.1) is 0 Å². The highest BCUT2D eigenvalue weighted by Gasteiger charge is 2.36. The molecule has 7 heteroatoms. The number of hydrogen-bond donors (Lipinski definition) is 0. The van der Waals surface area contributed by atoms with E-state index in [9.17, 15) is 18.0 Å². The van der Waals surface area contributed by atoms with E-state index < -0.39 is 17.1 Å². The van der Waals surface area contributed by atoms with E-state index in [4.69, 9.17) is 11.6 Å². The third kappa shape index (κ3) is 3.33. The Kier molecular flexibility index (Phi) is 4.29. The number of nitrogens with zero attached hydrogens (tertiary/aromatic N) is 1. The molecule has 1 heterocycles. The Labute approximate surface area is 140 Å². The van der Waals surface area contributed by atoms with Gasteiger partial charge in [0, 0.05) is 10.7 Å². The fraction of sp³-hybridized carbons (Fsp3) is 0.188. The van der Waals surface area contributed by atoms with Crippen LogP contribution in [0.25, 0.3) is 0 Å². The van der Waals surface area contributed by atoms with Gasteiger partial charge in [-0.2, -0.15) is 13.2 Å². The molecule has 2 nitrogen and oxygen atoms in total. The molecule has 1 saturated heterocycles. The van der Waals surface area contributed by atoms with Gasteiger partial charge in [-0.05, 0) is 35.9 Å². The molecule has 0 radical (unpaired) electrons. The van der Waals surface area contributed by atoms with Gasteiger partial charge in [-0.25, -0.2) is 0 Å².